The summed E-state index contributed by atoms with van der Waals surface area (Å²) in [4.78, 5) is 11.4. The molecule has 2 heterocycles. The molecule has 1 aliphatic heterocycles. The Kier molecular flexibility index (Phi) is 5.23. The monoisotopic (exact) mass is 323 g/mol. The molecule has 1 saturated heterocycles. The van der Waals surface area contributed by atoms with Crippen LogP contribution in [0.15, 0.2) is 6.07 Å². The molecule has 1 fully saturated rings. The van der Waals surface area contributed by atoms with Crippen molar-refractivity contribution >= 4 is 17.4 Å². The zero-order valence-electron chi connectivity index (χ0n) is 11.6. The molecule has 0 saturated carbocycles. The molecule has 9 heteroatoms. The summed E-state index contributed by atoms with van der Waals surface area (Å²) in [5.41, 5.74) is -1.04. The maximum Gasteiger partial charge on any atom is 0.433 e. The van der Waals surface area contributed by atoms with Gasteiger partial charge in [-0.15, -0.1) is 0 Å². The third-order valence-electron chi connectivity index (χ3n) is 3.32. The first-order chi connectivity index (χ1) is 9.84. The molecule has 118 valence electrons. The van der Waals surface area contributed by atoms with Crippen LogP contribution in [0.1, 0.15) is 5.69 Å². The predicted molar refractivity (Wildman–Crippen MR) is 74.5 cm³/mol. The fraction of sp³-hybridized carbons (Fsp3) is 0.667. The average molecular weight is 324 g/mol. The minimum atomic E-state index is -4.53. The quantitative estimate of drug-likeness (QED) is 0.856. The van der Waals surface area contributed by atoms with Crippen LogP contribution in [0.25, 0.3) is 0 Å². The van der Waals surface area contributed by atoms with Crippen molar-refractivity contribution < 1.29 is 13.2 Å². The fourth-order valence-corrected chi connectivity index (χ4v) is 2.25. The van der Waals surface area contributed by atoms with Crippen LogP contribution in [0.3, 0.4) is 0 Å². The molecule has 5 nitrogen and oxygen atoms in total. The summed E-state index contributed by atoms with van der Waals surface area (Å²) in [5.74, 6) is 0.0939. The van der Waals surface area contributed by atoms with E-state index in [1.807, 2.05) is 0 Å². The second-order valence-corrected chi connectivity index (χ2v) is 5.31. The van der Waals surface area contributed by atoms with Crippen molar-refractivity contribution in [3.63, 3.8) is 0 Å². The summed E-state index contributed by atoms with van der Waals surface area (Å²) >= 11 is 5.52. The van der Waals surface area contributed by atoms with Gasteiger partial charge in [-0.25, -0.2) is 9.97 Å². The molecule has 0 aliphatic carbocycles. The molecule has 0 aromatic carbocycles. The van der Waals surface area contributed by atoms with Crippen molar-refractivity contribution in [3.05, 3.63) is 17.0 Å². The van der Waals surface area contributed by atoms with Crippen LogP contribution in [-0.2, 0) is 6.18 Å². The number of hydrogen-bond acceptors (Lipinski definition) is 5. The Hall–Kier alpha value is -1.12. The van der Waals surface area contributed by atoms with Crippen LogP contribution in [0.4, 0.5) is 19.0 Å². The van der Waals surface area contributed by atoms with Crippen LogP contribution < -0.4 is 5.32 Å². The van der Waals surface area contributed by atoms with E-state index in [0.29, 0.717) is 6.54 Å². The minimum Gasteiger partial charge on any atom is -0.369 e. The van der Waals surface area contributed by atoms with Gasteiger partial charge < -0.3 is 10.2 Å². The van der Waals surface area contributed by atoms with Crippen LogP contribution >= 0.6 is 11.6 Å². The molecule has 0 bridgehead atoms. The number of hydrogen-bond donors (Lipinski definition) is 1. The number of anilines is 1. The van der Waals surface area contributed by atoms with Gasteiger partial charge in [-0.1, -0.05) is 0 Å². The minimum absolute atomic E-state index is 0.0939. The van der Waals surface area contributed by atoms with E-state index in [1.54, 1.807) is 0 Å². The van der Waals surface area contributed by atoms with E-state index >= 15 is 0 Å². The maximum atomic E-state index is 12.6. The highest BCUT2D eigenvalue weighted by Crippen LogP contribution is 2.29. The number of piperazine rings is 1. The van der Waals surface area contributed by atoms with Crippen molar-refractivity contribution in [2.45, 2.75) is 6.18 Å². The van der Waals surface area contributed by atoms with Crippen LogP contribution in [0.2, 0.25) is 5.28 Å². The Morgan fingerprint density at radius 1 is 1.24 bits per heavy atom. The van der Waals surface area contributed by atoms with E-state index in [1.165, 1.54) is 0 Å². The van der Waals surface area contributed by atoms with E-state index in [2.05, 4.69) is 32.1 Å². The Morgan fingerprint density at radius 3 is 2.52 bits per heavy atom. The van der Waals surface area contributed by atoms with Gasteiger partial charge in [-0.05, 0) is 18.6 Å². The molecule has 1 aromatic rings. The highest BCUT2D eigenvalue weighted by Gasteiger charge is 2.33. The molecule has 21 heavy (non-hydrogen) atoms. The van der Waals surface area contributed by atoms with Gasteiger partial charge in [0.05, 0.1) is 0 Å². The molecule has 0 amide bonds. The fourth-order valence-electron chi connectivity index (χ4n) is 2.07. The summed E-state index contributed by atoms with van der Waals surface area (Å²) in [6.45, 7) is 5.16. The van der Waals surface area contributed by atoms with E-state index in [-0.39, 0.29) is 5.82 Å². The van der Waals surface area contributed by atoms with Crippen LogP contribution in [0.5, 0.6) is 0 Å². The highest BCUT2D eigenvalue weighted by atomic mass is 35.5. The number of nitrogens with one attached hydrogen (secondary N) is 1. The number of halogens is 4. The second kappa shape index (κ2) is 6.76. The molecule has 0 atom stereocenters. The SMILES string of the molecule is CN1CCN(CCNc2cc(C(F)(F)F)nc(Cl)n2)CC1. The van der Waals surface area contributed by atoms with Gasteiger partial charge >= 0.3 is 6.18 Å². The van der Waals surface area contributed by atoms with Gasteiger partial charge in [-0.2, -0.15) is 13.2 Å². The first kappa shape index (κ1) is 16.3. The lowest BCUT2D eigenvalue weighted by Gasteiger charge is -2.32. The lowest BCUT2D eigenvalue weighted by Crippen LogP contribution is -2.45. The molecule has 0 radical (unpaired) electrons. The van der Waals surface area contributed by atoms with Gasteiger partial charge in [0, 0.05) is 45.3 Å². The summed E-state index contributed by atoms with van der Waals surface area (Å²) in [5, 5.41) is 2.46. The molecular weight excluding hydrogens is 307 g/mol. The van der Waals surface area contributed by atoms with Crippen LogP contribution in [0, 0.1) is 0 Å². The zero-order valence-corrected chi connectivity index (χ0v) is 12.4. The van der Waals surface area contributed by atoms with Crippen LogP contribution in [-0.4, -0.2) is 66.1 Å². The number of alkyl halides is 3. The topological polar surface area (TPSA) is 44.3 Å². The standard InChI is InChI=1S/C12H17ClF3N5/c1-20-4-6-21(7-5-20)3-2-17-10-8-9(12(14,15)16)18-11(13)19-10/h8H,2-7H2,1H3,(H,17,18,19). The molecule has 1 aliphatic rings. The Labute approximate surface area is 126 Å². The van der Waals surface area contributed by atoms with Gasteiger partial charge in [0.2, 0.25) is 5.28 Å². The van der Waals surface area contributed by atoms with Crippen molar-refractivity contribution in [3.8, 4) is 0 Å². The molecule has 1 N–H and O–H groups in total. The lowest BCUT2D eigenvalue weighted by atomic mass is 10.3. The normalized spacial score (nSPS) is 18.0. The van der Waals surface area contributed by atoms with Crippen molar-refractivity contribution in [1.82, 2.24) is 19.8 Å². The number of rotatable bonds is 4. The summed E-state index contributed by atoms with van der Waals surface area (Å²) in [7, 11) is 2.07. The smallest absolute Gasteiger partial charge is 0.369 e. The first-order valence-electron chi connectivity index (χ1n) is 6.61. The molecule has 2 rings (SSSR count). The second-order valence-electron chi connectivity index (χ2n) is 4.98. The number of nitrogens with zero attached hydrogens (tertiary/aromatic N) is 4. The maximum absolute atomic E-state index is 12.6. The van der Waals surface area contributed by atoms with Crippen molar-refractivity contribution in [1.29, 1.82) is 0 Å². The highest BCUT2D eigenvalue weighted by molar-refractivity contribution is 6.28. The lowest BCUT2D eigenvalue weighted by molar-refractivity contribution is -0.141. The van der Waals surface area contributed by atoms with Crippen molar-refractivity contribution in [2.24, 2.45) is 0 Å². The Balaban J connectivity index is 1.87. The predicted octanol–water partition coefficient (Wildman–Crippen LogP) is 1.81. The van der Waals surface area contributed by atoms with Crippen molar-refractivity contribution in [2.75, 3.05) is 51.6 Å². The van der Waals surface area contributed by atoms with Gasteiger partial charge in [0.1, 0.15) is 5.82 Å². The molecule has 0 spiro atoms. The molecule has 1 aromatic heterocycles. The van der Waals surface area contributed by atoms with E-state index in [0.717, 1.165) is 38.8 Å². The summed E-state index contributed by atoms with van der Waals surface area (Å²) in [6.07, 6.45) is -4.53. The van der Waals surface area contributed by atoms with Gasteiger partial charge in [0.15, 0.2) is 5.69 Å². The Morgan fingerprint density at radius 2 is 1.90 bits per heavy atom. The number of likely N-dealkylation sites (N-methyl/N-ethyl adjacent to an activating group) is 1. The third-order valence-corrected chi connectivity index (χ3v) is 3.49. The van der Waals surface area contributed by atoms with Gasteiger partial charge in [0.25, 0.3) is 0 Å². The largest absolute Gasteiger partial charge is 0.433 e. The Bertz CT molecular complexity index is 474. The first-order valence-corrected chi connectivity index (χ1v) is 6.99. The molecular formula is C12H17ClF3N5. The summed E-state index contributed by atoms with van der Waals surface area (Å²) < 4.78 is 37.8. The zero-order chi connectivity index (χ0) is 15.5. The molecule has 0 unspecified atom stereocenters. The van der Waals surface area contributed by atoms with E-state index in [9.17, 15) is 13.2 Å². The van der Waals surface area contributed by atoms with E-state index in [4.69, 9.17) is 11.6 Å². The van der Waals surface area contributed by atoms with Gasteiger partial charge in [-0.3, -0.25) is 4.90 Å². The number of aromatic nitrogens is 2. The summed E-state index contributed by atoms with van der Waals surface area (Å²) in [6, 6.07) is 0.871. The third kappa shape index (κ3) is 4.98. The average Bonchev–Trinajstić information content (AvgIpc) is 2.39. The van der Waals surface area contributed by atoms with E-state index < -0.39 is 17.2 Å².